The van der Waals surface area contributed by atoms with Crippen LogP contribution >= 0.6 is 27.3 Å². The van der Waals surface area contributed by atoms with Crippen molar-refractivity contribution in [1.29, 1.82) is 0 Å². The molecule has 0 saturated heterocycles. The Morgan fingerprint density at radius 3 is 2.73 bits per heavy atom. The Kier molecular flexibility index (Phi) is 3.42. The average Bonchev–Trinajstić information content (AvgIpc) is 2.59. The standard InChI is InChI=1S/C12H14BrNS/c1-8(2)9(13)7-12-14-10-5-3-4-6-11(10)15-12/h3-6,8-9H,7H2,1-2H3. The van der Waals surface area contributed by atoms with Gasteiger partial charge in [0, 0.05) is 11.2 Å². The van der Waals surface area contributed by atoms with Crippen molar-refractivity contribution in [2.24, 2.45) is 5.92 Å². The van der Waals surface area contributed by atoms with Gasteiger partial charge in [-0.05, 0) is 18.1 Å². The van der Waals surface area contributed by atoms with Crippen LogP contribution in [-0.4, -0.2) is 9.81 Å². The molecule has 1 unspecified atom stereocenters. The van der Waals surface area contributed by atoms with Crippen molar-refractivity contribution in [1.82, 2.24) is 4.98 Å². The van der Waals surface area contributed by atoms with E-state index in [-0.39, 0.29) is 0 Å². The molecule has 0 aliphatic heterocycles. The van der Waals surface area contributed by atoms with E-state index in [9.17, 15) is 0 Å². The summed E-state index contributed by atoms with van der Waals surface area (Å²) in [7, 11) is 0. The zero-order chi connectivity index (χ0) is 10.8. The summed E-state index contributed by atoms with van der Waals surface area (Å²) in [5.41, 5.74) is 1.13. The third kappa shape index (κ3) is 2.58. The van der Waals surface area contributed by atoms with Gasteiger partial charge < -0.3 is 0 Å². The first-order chi connectivity index (χ1) is 7.16. The van der Waals surface area contributed by atoms with Gasteiger partial charge in [0.05, 0.1) is 15.2 Å². The fourth-order valence-corrected chi connectivity index (χ4v) is 2.96. The number of aromatic nitrogens is 1. The van der Waals surface area contributed by atoms with Gasteiger partial charge in [-0.3, -0.25) is 0 Å². The summed E-state index contributed by atoms with van der Waals surface area (Å²) < 4.78 is 1.29. The van der Waals surface area contributed by atoms with E-state index >= 15 is 0 Å². The number of hydrogen-bond donors (Lipinski definition) is 0. The lowest BCUT2D eigenvalue weighted by Crippen LogP contribution is -2.10. The van der Waals surface area contributed by atoms with Gasteiger partial charge in [-0.15, -0.1) is 11.3 Å². The smallest absolute Gasteiger partial charge is 0.0949 e. The molecule has 0 aliphatic rings. The van der Waals surface area contributed by atoms with Crippen molar-refractivity contribution in [3.8, 4) is 0 Å². The van der Waals surface area contributed by atoms with E-state index in [0.717, 1.165) is 11.9 Å². The van der Waals surface area contributed by atoms with Gasteiger partial charge in [-0.2, -0.15) is 0 Å². The van der Waals surface area contributed by atoms with E-state index < -0.39 is 0 Å². The van der Waals surface area contributed by atoms with Gasteiger partial charge in [0.2, 0.25) is 0 Å². The molecule has 15 heavy (non-hydrogen) atoms. The summed E-state index contributed by atoms with van der Waals surface area (Å²) in [5, 5.41) is 1.23. The predicted octanol–water partition coefficient (Wildman–Crippen LogP) is 4.26. The number of hydrogen-bond acceptors (Lipinski definition) is 2. The third-order valence-corrected chi connectivity index (χ3v) is 4.87. The highest BCUT2D eigenvalue weighted by atomic mass is 79.9. The van der Waals surface area contributed by atoms with Gasteiger partial charge in [0.15, 0.2) is 0 Å². The molecule has 0 N–H and O–H groups in total. The molecule has 0 spiro atoms. The fourth-order valence-electron chi connectivity index (χ4n) is 1.41. The summed E-state index contributed by atoms with van der Waals surface area (Å²) in [5.74, 6) is 0.650. The van der Waals surface area contributed by atoms with Gasteiger partial charge in [0.25, 0.3) is 0 Å². The lowest BCUT2D eigenvalue weighted by Gasteiger charge is -2.10. The Morgan fingerprint density at radius 1 is 1.33 bits per heavy atom. The first-order valence-electron chi connectivity index (χ1n) is 5.15. The maximum atomic E-state index is 4.62. The Balaban J connectivity index is 2.22. The van der Waals surface area contributed by atoms with E-state index in [1.807, 2.05) is 6.07 Å². The molecule has 1 aromatic heterocycles. The van der Waals surface area contributed by atoms with Gasteiger partial charge >= 0.3 is 0 Å². The molecule has 0 amide bonds. The number of rotatable bonds is 3. The van der Waals surface area contributed by atoms with E-state index in [2.05, 4.69) is 53.0 Å². The summed E-state index contributed by atoms with van der Waals surface area (Å²) >= 11 is 5.50. The summed E-state index contributed by atoms with van der Waals surface area (Å²) in [6.07, 6.45) is 1.02. The average molecular weight is 284 g/mol. The van der Waals surface area contributed by atoms with Crippen LogP contribution in [0.1, 0.15) is 18.9 Å². The second-order valence-electron chi connectivity index (χ2n) is 4.04. The number of thiazole rings is 1. The van der Waals surface area contributed by atoms with Crippen LogP contribution in [0, 0.1) is 5.92 Å². The van der Waals surface area contributed by atoms with Crippen LogP contribution in [0.25, 0.3) is 10.2 Å². The topological polar surface area (TPSA) is 12.9 Å². The fraction of sp³-hybridized carbons (Fsp3) is 0.417. The summed E-state index contributed by atoms with van der Waals surface area (Å²) in [6, 6.07) is 8.32. The number of alkyl halides is 1. The molecular weight excluding hydrogens is 270 g/mol. The zero-order valence-corrected chi connectivity index (χ0v) is 11.3. The SMILES string of the molecule is CC(C)C(Br)Cc1nc2ccccc2s1. The first kappa shape index (κ1) is 11.1. The maximum absolute atomic E-state index is 4.62. The number of halogens is 1. The van der Waals surface area contributed by atoms with Crippen LogP contribution in [0.3, 0.4) is 0 Å². The minimum absolute atomic E-state index is 0.526. The summed E-state index contributed by atoms with van der Waals surface area (Å²) in [6.45, 7) is 4.46. The Labute approximate surface area is 103 Å². The molecular formula is C12H14BrNS. The van der Waals surface area contributed by atoms with Crippen LogP contribution in [0.15, 0.2) is 24.3 Å². The van der Waals surface area contributed by atoms with E-state index in [0.29, 0.717) is 10.7 Å². The Bertz CT molecular complexity index is 417. The van der Waals surface area contributed by atoms with Crippen molar-refractivity contribution in [3.05, 3.63) is 29.3 Å². The molecule has 1 atom stereocenters. The van der Waals surface area contributed by atoms with Gasteiger partial charge in [-0.1, -0.05) is 41.9 Å². The second-order valence-corrected chi connectivity index (χ2v) is 6.33. The molecule has 0 fully saturated rings. The predicted molar refractivity (Wildman–Crippen MR) is 70.9 cm³/mol. The minimum Gasteiger partial charge on any atom is -0.241 e. The number of para-hydroxylation sites is 1. The molecule has 2 aromatic rings. The quantitative estimate of drug-likeness (QED) is 0.767. The molecule has 1 nitrogen and oxygen atoms in total. The van der Waals surface area contributed by atoms with Crippen molar-refractivity contribution >= 4 is 37.5 Å². The highest BCUT2D eigenvalue weighted by Crippen LogP contribution is 2.25. The van der Waals surface area contributed by atoms with E-state index in [1.54, 1.807) is 11.3 Å². The second kappa shape index (κ2) is 4.62. The van der Waals surface area contributed by atoms with Crippen molar-refractivity contribution in [2.45, 2.75) is 25.1 Å². The van der Waals surface area contributed by atoms with Crippen LogP contribution in [-0.2, 0) is 6.42 Å². The Morgan fingerprint density at radius 2 is 2.07 bits per heavy atom. The molecule has 0 radical (unpaired) electrons. The molecule has 0 bridgehead atoms. The van der Waals surface area contributed by atoms with Gasteiger partial charge in [-0.25, -0.2) is 4.98 Å². The number of benzene rings is 1. The third-order valence-electron chi connectivity index (χ3n) is 2.43. The largest absolute Gasteiger partial charge is 0.241 e. The normalized spacial score (nSPS) is 13.6. The summed E-state index contributed by atoms with van der Waals surface area (Å²) in [4.78, 5) is 5.15. The van der Waals surface area contributed by atoms with Gasteiger partial charge in [0.1, 0.15) is 0 Å². The van der Waals surface area contributed by atoms with Crippen molar-refractivity contribution < 1.29 is 0 Å². The first-order valence-corrected chi connectivity index (χ1v) is 6.88. The maximum Gasteiger partial charge on any atom is 0.0949 e. The molecule has 1 aromatic carbocycles. The van der Waals surface area contributed by atoms with Crippen molar-refractivity contribution in [2.75, 3.05) is 0 Å². The zero-order valence-electron chi connectivity index (χ0n) is 8.90. The number of nitrogens with zero attached hydrogens (tertiary/aromatic N) is 1. The molecule has 80 valence electrons. The monoisotopic (exact) mass is 283 g/mol. The van der Waals surface area contributed by atoms with E-state index in [4.69, 9.17) is 0 Å². The van der Waals surface area contributed by atoms with Crippen LogP contribution in [0.5, 0.6) is 0 Å². The van der Waals surface area contributed by atoms with Crippen LogP contribution < -0.4 is 0 Å². The molecule has 2 rings (SSSR count). The Hall–Kier alpha value is -0.410. The number of fused-ring (bicyclic) bond motifs is 1. The lowest BCUT2D eigenvalue weighted by atomic mass is 10.1. The van der Waals surface area contributed by atoms with Crippen molar-refractivity contribution in [3.63, 3.8) is 0 Å². The highest BCUT2D eigenvalue weighted by molar-refractivity contribution is 9.09. The minimum atomic E-state index is 0.526. The van der Waals surface area contributed by atoms with E-state index in [1.165, 1.54) is 9.71 Å². The molecule has 0 saturated carbocycles. The molecule has 3 heteroatoms. The lowest BCUT2D eigenvalue weighted by molar-refractivity contribution is 0.612. The highest BCUT2D eigenvalue weighted by Gasteiger charge is 2.12. The molecule has 1 heterocycles. The van der Waals surface area contributed by atoms with Crippen LogP contribution in [0.2, 0.25) is 0 Å². The molecule has 0 aliphatic carbocycles. The van der Waals surface area contributed by atoms with Crippen LogP contribution in [0.4, 0.5) is 0 Å².